The van der Waals surface area contributed by atoms with E-state index in [0.29, 0.717) is 11.3 Å². The van der Waals surface area contributed by atoms with Gasteiger partial charge in [-0.2, -0.15) is 0 Å². The number of aliphatic imine (C=N–C) groups is 1. The van der Waals surface area contributed by atoms with Gasteiger partial charge in [0, 0.05) is 22.5 Å². The summed E-state index contributed by atoms with van der Waals surface area (Å²) in [6, 6.07) is 7.13. The fourth-order valence-electron chi connectivity index (χ4n) is 6.46. The molecule has 1 aromatic carbocycles. The van der Waals surface area contributed by atoms with Crippen molar-refractivity contribution >= 4 is 17.0 Å². The molecule has 3 aromatic rings. The molecule has 0 unspecified atom stereocenters. The molecular formula is C28H35N5S. The maximum atomic E-state index is 5.26. The largest absolute Gasteiger partial charge is 0.316 e. The van der Waals surface area contributed by atoms with E-state index in [4.69, 9.17) is 4.99 Å². The van der Waals surface area contributed by atoms with Crippen LogP contribution in [0.15, 0.2) is 23.2 Å². The normalized spacial score (nSPS) is 26.3. The second kappa shape index (κ2) is 8.13. The second-order valence-electron chi connectivity index (χ2n) is 10.8. The molecule has 1 aliphatic carbocycles. The monoisotopic (exact) mass is 473 g/mol. The van der Waals surface area contributed by atoms with Crippen LogP contribution in [0.2, 0.25) is 0 Å². The molecule has 1 saturated heterocycles. The summed E-state index contributed by atoms with van der Waals surface area (Å²) < 4.78 is 2.22. The van der Waals surface area contributed by atoms with Crippen LogP contribution in [0.25, 0.3) is 5.00 Å². The Kier molecular flexibility index (Phi) is 5.30. The summed E-state index contributed by atoms with van der Waals surface area (Å²) in [6.45, 7) is 13.3. The van der Waals surface area contributed by atoms with Gasteiger partial charge in [-0.15, -0.1) is 21.5 Å². The van der Waals surface area contributed by atoms with Crippen LogP contribution < -0.4 is 5.32 Å². The molecule has 6 heteroatoms. The molecule has 2 aromatic heterocycles. The molecule has 1 saturated carbocycles. The van der Waals surface area contributed by atoms with E-state index in [0.717, 1.165) is 17.4 Å². The number of rotatable bonds is 2. The van der Waals surface area contributed by atoms with Gasteiger partial charge in [0.1, 0.15) is 16.9 Å². The van der Waals surface area contributed by atoms with Crippen molar-refractivity contribution in [3.05, 3.63) is 62.5 Å². The maximum Gasteiger partial charge on any atom is 0.162 e. The Balaban J connectivity index is 1.37. The van der Waals surface area contributed by atoms with Crippen LogP contribution >= 0.6 is 11.3 Å². The molecule has 0 amide bonds. The standard InChI is InChI=1S/C28H35N5S/c1-16-14-22(21-8-10-28(11-9-21)12-13-29-15-28)6-7-23(16)25-24-17(2)19(4)34-27(24)33-20(5)31-32-26(33)18(3)30-25/h6-7,14,18,21,29H,8-13,15H2,1-5H3/t18-,21?,28?/m0/s1. The van der Waals surface area contributed by atoms with Crippen molar-refractivity contribution in [3.63, 3.8) is 0 Å². The Bertz CT molecular complexity index is 1280. The Labute approximate surface area is 206 Å². The van der Waals surface area contributed by atoms with E-state index in [1.807, 2.05) is 18.3 Å². The highest BCUT2D eigenvalue weighted by Gasteiger charge is 2.38. The van der Waals surface area contributed by atoms with Crippen molar-refractivity contribution in [1.29, 1.82) is 0 Å². The third-order valence-corrected chi connectivity index (χ3v) is 9.90. The van der Waals surface area contributed by atoms with Gasteiger partial charge in [-0.05, 0) is 101 Å². The molecule has 1 atom stereocenters. The molecule has 4 heterocycles. The summed E-state index contributed by atoms with van der Waals surface area (Å²) in [4.78, 5) is 6.59. The van der Waals surface area contributed by atoms with Crippen LogP contribution in [-0.2, 0) is 0 Å². The van der Waals surface area contributed by atoms with E-state index in [1.165, 1.54) is 82.9 Å². The minimum atomic E-state index is -0.0378. The van der Waals surface area contributed by atoms with Gasteiger partial charge in [0.15, 0.2) is 5.82 Å². The van der Waals surface area contributed by atoms with Crippen molar-refractivity contribution in [2.24, 2.45) is 10.4 Å². The lowest BCUT2D eigenvalue weighted by Crippen LogP contribution is -2.29. The Morgan fingerprint density at radius 1 is 1.06 bits per heavy atom. The van der Waals surface area contributed by atoms with E-state index < -0.39 is 0 Å². The van der Waals surface area contributed by atoms with Crippen molar-refractivity contribution in [1.82, 2.24) is 20.1 Å². The summed E-state index contributed by atoms with van der Waals surface area (Å²) in [7, 11) is 0. The van der Waals surface area contributed by atoms with Crippen LogP contribution in [0, 0.1) is 33.1 Å². The van der Waals surface area contributed by atoms with Crippen molar-refractivity contribution in [2.75, 3.05) is 13.1 Å². The lowest BCUT2D eigenvalue weighted by atomic mass is 9.68. The fraction of sp³-hybridized carbons (Fsp3) is 0.536. The number of aromatic nitrogens is 3. The third-order valence-electron chi connectivity index (χ3n) is 8.71. The van der Waals surface area contributed by atoms with Gasteiger partial charge < -0.3 is 5.32 Å². The molecule has 2 fully saturated rings. The van der Waals surface area contributed by atoms with Crippen LogP contribution in [0.3, 0.4) is 0 Å². The first-order chi connectivity index (χ1) is 16.4. The van der Waals surface area contributed by atoms with Gasteiger partial charge in [0.05, 0.1) is 5.71 Å². The SMILES string of the molecule is Cc1cc(C2CCC3(CCNC3)CC2)ccc1C1=N[C@@H](C)c2nnc(C)n2-c2sc(C)c(C)c21. The first-order valence-corrected chi connectivity index (χ1v) is 13.6. The van der Waals surface area contributed by atoms with Crippen molar-refractivity contribution in [2.45, 2.75) is 78.7 Å². The van der Waals surface area contributed by atoms with E-state index in [1.54, 1.807) is 0 Å². The van der Waals surface area contributed by atoms with Crippen molar-refractivity contribution in [3.8, 4) is 5.00 Å². The Morgan fingerprint density at radius 3 is 2.56 bits per heavy atom. The lowest BCUT2D eigenvalue weighted by molar-refractivity contribution is 0.199. The fourth-order valence-corrected chi connectivity index (χ4v) is 7.67. The molecule has 6 rings (SSSR count). The zero-order valence-electron chi connectivity index (χ0n) is 21.0. The molecule has 5 nitrogen and oxygen atoms in total. The highest BCUT2D eigenvalue weighted by molar-refractivity contribution is 7.15. The first-order valence-electron chi connectivity index (χ1n) is 12.8. The maximum absolute atomic E-state index is 5.26. The van der Waals surface area contributed by atoms with E-state index in [9.17, 15) is 0 Å². The summed E-state index contributed by atoms with van der Waals surface area (Å²) in [6.07, 6.45) is 6.73. The highest BCUT2D eigenvalue weighted by atomic mass is 32.1. The Hall–Kier alpha value is -2.31. The minimum absolute atomic E-state index is 0.0378. The quantitative estimate of drug-likeness (QED) is 0.488. The lowest BCUT2D eigenvalue weighted by Gasteiger charge is -2.37. The average Bonchev–Trinajstić information content (AvgIpc) is 3.49. The summed E-state index contributed by atoms with van der Waals surface area (Å²) in [5, 5.41) is 13.7. The minimum Gasteiger partial charge on any atom is -0.316 e. The predicted molar refractivity (Wildman–Crippen MR) is 140 cm³/mol. The van der Waals surface area contributed by atoms with Crippen molar-refractivity contribution < 1.29 is 0 Å². The summed E-state index contributed by atoms with van der Waals surface area (Å²) in [5.41, 5.74) is 8.35. The number of aryl methyl sites for hydroxylation is 3. The molecule has 0 bridgehead atoms. The topological polar surface area (TPSA) is 55.1 Å². The number of hydrogen-bond acceptors (Lipinski definition) is 5. The summed E-state index contributed by atoms with van der Waals surface area (Å²) in [5.74, 6) is 2.55. The average molecular weight is 474 g/mol. The van der Waals surface area contributed by atoms with Gasteiger partial charge in [0.25, 0.3) is 0 Å². The Morgan fingerprint density at radius 2 is 1.85 bits per heavy atom. The van der Waals surface area contributed by atoms with Crippen LogP contribution in [0.5, 0.6) is 0 Å². The zero-order valence-corrected chi connectivity index (χ0v) is 21.9. The van der Waals surface area contributed by atoms with Gasteiger partial charge in [-0.25, -0.2) is 0 Å². The molecule has 1 N–H and O–H groups in total. The number of fused-ring (bicyclic) bond motifs is 3. The molecular weight excluding hydrogens is 438 g/mol. The summed E-state index contributed by atoms with van der Waals surface area (Å²) >= 11 is 1.83. The smallest absolute Gasteiger partial charge is 0.162 e. The second-order valence-corrected chi connectivity index (χ2v) is 12.0. The van der Waals surface area contributed by atoms with Crippen LogP contribution in [-0.4, -0.2) is 33.6 Å². The highest BCUT2D eigenvalue weighted by Crippen LogP contribution is 2.46. The van der Waals surface area contributed by atoms with Gasteiger partial charge >= 0.3 is 0 Å². The number of benzene rings is 1. The zero-order chi connectivity index (χ0) is 23.6. The number of nitrogens with one attached hydrogen (secondary N) is 1. The number of thiophene rings is 1. The third kappa shape index (κ3) is 3.41. The van der Waals surface area contributed by atoms with Crippen LogP contribution in [0.4, 0.5) is 0 Å². The molecule has 178 valence electrons. The molecule has 3 aliphatic rings. The molecule has 2 aliphatic heterocycles. The predicted octanol–water partition coefficient (Wildman–Crippen LogP) is 6.11. The number of hydrogen-bond donors (Lipinski definition) is 1. The molecule has 1 spiro atoms. The molecule has 0 radical (unpaired) electrons. The number of nitrogens with zero attached hydrogens (tertiary/aromatic N) is 4. The van der Waals surface area contributed by atoms with Gasteiger partial charge in [0.2, 0.25) is 0 Å². The first kappa shape index (κ1) is 22.2. The molecule has 34 heavy (non-hydrogen) atoms. The van der Waals surface area contributed by atoms with Gasteiger partial charge in [-0.3, -0.25) is 9.56 Å². The van der Waals surface area contributed by atoms with Crippen LogP contribution in [0.1, 0.15) is 95.3 Å². The van der Waals surface area contributed by atoms with E-state index >= 15 is 0 Å². The van der Waals surface area contributed by atoms with Gasteiger partial charge in [-0.1, -0.05) is 18.2 Å². The van der Waals surface area contributed by atoms with E-state index in [2.05, 4.69) is 66.0 Å². The van der Waals surface area contributed by atoms with E-state index in [-0.39, 0.29) is 6.04 Å².